The van der Waals surface area contributed by atoms with E-state index >= 15 is 0 Å². The van der Waals surface area contributed by atoms with Crippen molar-refractivity contribution in [3.63, 3.8) is 0 Å². The minimum atomic E-state index is -0.475. The number of carbonyl (C=O) groups excluding carboxylic acids is 2. The number of rotatable bonds is 11. The second-order valence-corrected chi connectivity index (χ2v) is 26.6. The molecule has 2 aliphatic carbocycles. The molecule has 83 heavy (non-hydrogen) atoms. The molecule has 10 heterocycles. The number of piperidine rings is 2. The summed E-state index contributed by atoms with van der Waals surface area (Å²) in [7, 11) is 0. The zero-order valence-electron chi connectivity index (χ0n) is 48.5. The maximum atomic E-state index is 12.3. The van der Waals surface area contributed by atoms with E-state index in [0.29, 0.717) is 82.6 Å². The number of hydrogen-bond acceptors (Lipinski definition) is 20. The van der Waals surface area contributed by atoms with Gasteiger partial charge in [-0.1, -0.05) is 23.2 Å². The minimum absolute atomic E-state index is 0.102. The number of carbonyl (C=O) groups is 2. The standard InChI is InChI=1S/C29H40ClN7O4.C25H38N4O4.C4H3BrClN3/c1-29(2,3)41-28(38)35-10-7-21(8-11-35)39-22-13-23(14-22)40-26-12-18(6-9-32-26)37-19-4-5-20(37)17-36(16-19)24-15-25(30)33-34-27(24)31;1-25(2,3)33-24(30)28-10-7-20(8-11-28)31-21-13-22(14-21)32-23-12-17(6-9-27-23)29-18-4-5-19(29)16-26-15-18;5-2-1-3(6)8-9-4(2)7/h6,9,12,15,19-23H,4-5,7-8,10-11,13-14,16-17H2,1-3H3,(H2,31,34);6,9,12,18-22,26H,4-5,7-8,10-11,13-16H2,1-3H3;1H,(H2,7,9). The Kier molecular flexibility index (Phi) is 19.3. The summed E-state index contributed by atoms with van der Waals surface area (Å²) in [6.07, 6.45) is 16.0. The van der Waals surface area contributed by atoms with Crippen molar-refractivity contribution in [3.8, 4) is 11.8 Å². The molecule has 4 atom stereocenters. The van der Waals surface area contributed by atoms with Crippen molar-refractivity contribution < 1.29 is 38.0 Å². The van der Waals surface area contributed by atoms with E-state index in [1.165, 1.54) is 18.5 Å². The first-order valence-electron chi connectivity index (χ1n) is 29.4. The number of piperazine rings is 2. The van der Waals surface area contributed by atoms with Crippen LogP contribution in [0.5, 0.6) is 11.8 Å². The van der Waals surface area contributed by atoms with Gasteiger partial charge in [0.2, 0.25) is 11.8 Å². The average Bonchev–Trinajstić information content (AvgIpc) is 3.96. The molecule has 0 aromatic carbocycles. The predicted octanol–water partition coefficient (Wildman–Crippen LogP) is 9.11. The van der Waals surface area contributed by atoms with Crippen molar-refractivity contribution in [1.29, 1.82) is 0 Å². The van der Waals surface area contributed by atoms with E-state index < -0.39 is 11.2 Å². The molecule has 0 spiro atoms. The molecule has 4 aromatic rings. The average molecular weight is 1250 g/mol. The van der Waals surface area contributed by atoms with Crippen molar-refractivity contribution in [1.82, 2.24) is 45.5 Å². The van der Waals surface area contributed by atoms with Gasteiger partial charge >= 0.3 is 12.2 Å². The lowest BCUT2D eigenvalue weighted by Gasteiger charge is -2.43. The highest BCUT2D eigenvalue weighted by Gasteiger charge is 2.43. The van der Waals surface area contributed by atoms with Crippen LogP contribution in [0.1, 0.15) is 119 Å². The summed E-state index contributed by atoms with van der Waals surface area (Å²) in [4.78, 5) is 44.4. The Morgan fingerprint density at radius 2 is 0.988 bits per heavy atom. The molecule has 22 nitrogen and oxygen atoms in total. The molecule has 8 fully saturated rings. The monoisotopic (exact) mass is 1250 g/mol. The fourth-order valence-electron chi connectivity index (χ4n) is 12.3. The normalized spacial score (nSPS) is 26.2. The SMILES string of the molecule is CC(C)(C)OC(=O)N1CCC(OC2CC(Oc3cc(N4C5CCC4CN(c4cc(Cl)nnc4N)C5)ccn3)C2)CC1.CC(C)(C)OC(=O)N1CCC(OC2CC(Oc3cc(N4C5CCC4CNC5)ccn3)C2)CC1.Nc1nnc(Cl)cc1Br. The number of nitrogens with two attached hydrogens (primary N) is 2. The van der Waals surface area contributed by atoms with E-state index in [4.69, 9.17) is 63.1 Å². The maximum absolute atomic E-state index is 12.3. The number of nitrogens with one attached hydrogen (secondary N) is 1. The maximum Gasteiger partial charge on any atom is 0.410 e. The van der Waals surface area contributed by atoms with Gasteiger partial charge in [0.05, 0.1) is 34.6 Å². The molecule has 4 unspecified atom stereocenters. The molecule has 12 rings (SSSR count). The zero-order chi connectivity index (χ0) is 58.6. The number of ether oxygens (including phenoxy) is 6. The smallest absolute Gasteiger partial charge is 0.410 e. The number of fused-ring (bicyclic) bond motifs is 4. The second-order valence-electron chi connectivity index (χ2n) is 25.0. The van der Waals surface area contributed by atoms with Gasteiger partial charge < -0.3 is 69.7 Å². The van der Waals surface area contributed by atoms with Crippen LogP contribution in [-0.2, 0) is 18.9 Å². The number of nitrogen functional groups attached to an aromatic ring is 2. The van der Waals surface area contributed by atoms with Crippen LogP contribution in [0.15, 0.2) is 53.3 Å². The van der Waals surface area contributed by atoms with Crippen LogP contribution in [0.4, 0.5) is 38.3 Å². The third-order valence-electron chi connectivity index (χ3n) is 16.4. The molecule has 6 aliphatic heterocycles. The number of nitrogens with zero attached hydrogens (tertiary/aromatic N) is 11. The molecule has 4 aromatic heterocycles. The number of likely N-dealkylation sites (tertiary alicyclic amines) is 2. The van der Waals surface area contributed by atoms with Gasteiger partial charge in [0, 0.05) is 144 Å². The molecular formula is C58H81BrCl2N14O8. The van der Waals surface area contributed by atoms with Crippen LogP contribution in [0.25, 0.3) is 0 Å². The Morgan fingerprint density at radius 1 is 0.566 bits per heavy atom. The van der Waals surface area contributed by atoms with Gasteiger partial charge in [-0.3, -0.25) is 0 Å². The summed E-state index contributed by atoms with van der Waals surface area (Å²) in [6.45, 7) is 17.9. The Balaban J connectivity index is 0.000000164. The summed E-state index contributed by atoms with van der Waals surface area (Å²) in [5, 5.41) is 19.1. The summed E-state index contributed by atoms with van der Waals surface area (Å²) in [6, 6.07) is 13.6. The quantitative estimate of drug-likeness (QED) is 0.127. The van der Waals surface area contributed by atoms with Crippen molar-refractivity contribution in [2.24, 2.45) is 0 Å². The number of halogens is 3. The first-order valence-corrected chi connectivity index (χ1v) is 31.0. The van der Waals surface area contributed by atoms with E-state index in [-0.39, 0.29) is 48.8 Å². The minimum Gasteiger partial charge on any atom is -0.474 e. The van der Waals surface area contributed by atoms with Gasteiger partial charge in [0.1, 0.15) is 23.4 Å². The highest BCUT2D eigenvalue weighted by molar-refractivity contribution is 9.10. The predicted molar refractivity (Wildman–Crippen MR) is 321 cm³/mol. The van der Waals surface area contributed by atoms with E-state index in [0.717, 1.165) is 108 Å². The van der Waals surface area contributed by atoms with E-state index in [9.17, 15) is 9.59 Å². The fourth-order valence-corrected chi connectivity index (χ4v) is 13.0. The van der Waals surface area contributed by atoms with Gasteiger partial charge in [-0.05, 0) is 127 Å². The molecule has 5 N–H and O–H groups in total. The molecule has 4 bridgehead atoms. The van der Waals surface area contributed by atoms with Gasteiger partial charge in [0.25, 0.3) is 0 Å². The van der Waals surface area contributed by atoms with Crippen molar-refractivity contribution in [2.45, 2.75) is 191 Å². The topological polar surface area (TPSA) is 247 Å². The lowest BCUT2D eigenvalue weighted by atomic mass is 9.91. The highest BCUT2D eigenvalue weighted by Crippen LogP contribution is 2.40. The number of hydrogen-bond donors (Lipinski definition) is 3. The van der Waals surface area contributed by atoms with Crippen LogP contribution in [-0.4, -0.2) is 177 Å². The number of aromatic nitrogens is 6. The largest absolute Gasteiger partial charge is 0.474 e. The Morgan fingerprint density at radius 3 is 1.42 bits per heavy atom. The first-order chi connectivity index (χ1) is 39.6. The van der Waals surface area contributed by atoms with Gasteiger partial charge in [-0.15, -0.1) is 20.4 Å². The molecule has 6 saturated heterocycles. The highest BCUT2D eigenvalue weighted by atomic mass is 79.9. The van der Waals surface area contributed by atoms with Gasteiger partial charge in [-0.2, -0.15) is 0 Å². The summed E-state index contributed by atoms with van der Waals surface area (Å²) in [5.41, 5.74) is 13.7. The number of pyridine rings is 2. The van der Waals surface area contributed by atoms with E-state index in [2.05, 4.69) is 90.6 Å². The molecule has 2 saturated carbocycles. The lowest BCUT2D eigenvalue weighted by Crippen LogP contribution is -2.54. The molecule has 25 heteroatoms. The summed E-state index contributed by atoms with van der Waals surface area (Å²) in [5.74, 6) is 2.14. The Labute approximate surface area is 505 Å². The number of anilines is 5. The van der Waals surface area contributed by atoms with Crippen LogP contribution in [0.3, 0.4) is 0 Å². The summed E-state index contributed by atoms with van der Waals surface area (Å²) >= 11 is 14.7. The molecule has 0 radical (unpaired) electrons. The third kappa shape index (κ3) is 16.1. The molecule has 8 aliphatic rings. The zero-order valence-corrected chi connectivity index (χ0v) is 51.6. The second kappa shape index (κ2) is 26.4. The molecular weight excluding hydrogens is 1170 g/mol. The lowest BCUT2D eigenvalue weighted by molar-refractivity contribution is -0.111. The molecule has 452 valence electrons. The van der Waals surface area contributed by atoms with E-state index in [1.807, 2.05) is 53.9 Å². The number of amides is 2. The fraction of sp³-hybridized carbons (Fsp3) is 0.655. The van der Waals surface area contributed by atoms with Crippen LogP contribution in [0.2, 0.25) is 10.3 Å². The van der Waals surface area contributed by atoms with Crippen LogP contribution >= 0.6 is 39.1 Å². The third-order valence-corrected chi connectivity index (χ3v) is 17.4. The van der Waals surface area contributed by atoms with Crippen LogP contribution < -0.4 is 41.0 Å². The first kappa shape index (κ1) is 60.7. The van der Waals surface area contributed by atoms with Crippen LogP contribution in [0, 0.1) is 0 Å². The van der Waals surface area contributed by atoms with E-state index in [1.54, 1.807) is 21.9 Å². The van der Waals surface area contributed by atoms with Crippen molar-refractivity contribution in [3.05, 3.63) is 63.6 Å². The Hall–Kier alpha value is -5.46. The van der Waals surface area contributed by atoms with Gasteiger partial charge in [-0.25, -0.2) is 19.6 Å². The summed E-state index contributed by atoms with van der Waals surface area (Å²) < 4.78 is 36.7. The van der Waals surface area contributed by atoms with Crippen molar-refractivity contribution >= 4 is 80.0 Å². The molecule has 2 amide bonds. The van der Waals surface area contributed by atoms with Gasteiger partial charge in [0.15, 0.2) is 21.9 Å². The van der Waals surface area contributed by atoms with Crippen molar-refractivity contribution in [2.75, 3.05) is 78.5 Å². The Bertz CT molecular complexity index is 2820.